The van der Waals surface area contributed by atoms with E-state index in [1.54, 1.807) is 0 Å². The summed E-state index contributed by atoms with van der Waals surface area (Å²) in [6, 6.07) is -1.67. The van der Waals surface area contributed by atoms with E-state index in [1.807, 2.05) is 0 Å². The van der Waals surface area contributed by atoms with Gasteiger partial charge in [-0.3, -0.25) is 28.1 Å². The highest BCUT2D eigenvalue weighted by Gasteiger charge is 2.48. The number of carboxylic acids is 3. The van der Waals surface area contributed by atoms with Crippen LogP contribution in [-0.2, 0) is 28.1 Å². The Labute approximate surface area is 163 Å². The highest BCUT2D eigenvalue weighted by Crippen LogP contribution is 2.64. The summed E-state index contributed by atoms with van der Waals surface area (Å²) in [5, 5.41) is 24.2. The maximum absolute atomic E-state index is 12.3. The zero-order valence-corrected chi connectivity index (χ0v) is 17.3. The van der Waals surface area contributed by atoms with Crippen molar-refractivity contribution < 1.29 is 67.9 Å². The van der Waals surface area contributed by atoms with Gasteiger partial charge in [0, 0.05) is 6.16 Å². The lowest BCUT2D eigenvalue weighted by Gasteiger charge is -2.25. The standard InChI is InChI=1S/C11H22NO14P3/c12-7(11(17)18)2-5(9(13)14)1-6(10(15)16)3-27(19,20)4-8(28(21,22)23)29(24,25)26/h5-8H,1-4,12H2,(H,13,14)(H,15,16)(H,17,18)(H,19,20)(H2,21,22,23)(H2,24,25,26). The van der Waals surface area contributed by atoms with Crippen LogP contribution < -0.4 is 5.73 Å². The van der Waals surface area contributed by atoms with E-state index in [-0.39, 0.29) is 0 Å². The van der Waals surface area contributed by atoms with Gasteiger partial charge in [-0.2, -0.15) is 0 Å². The van der Waals surface area contributed by atoms with Crippen LogP contribution in [0.15, 0.2) is 0 Å². The summed E-state index contributed by atoms with van der Waals surface area (Å²) < 4.78 is 34.7. The first-order chi connectivity index (χ1) is 12.8. The minimum absolute atomic E-state index is 0.711. The van der Waals surface area contributed by atoms with Crippen LogP contribution in [0, 0.1) is 11.8 Å². The van der Waals surface area contributed by atoms with Crippen LogP contribution in [0.5, 0.6) is 0 Å². The van der Waals surface area contributed by atoms with E-state index in [0.717, 1.165) is 0 Å². The minimum Gasteiger partial charge on any atom is -0.481 e. The molecule has 0 heterocycles. The lowest BCUT2D eigenvalue weighted by atomic mass is 9.90. The van der Waals surface area contributed by atoms with Gasteiger partial charge in [-0.25, -0.2) is 0 Å². The van der Waals surface area contributed by atoms with Crippen LogP contribution in [0.1, 0.15) is 12.8 Å². The van der Waals surface area contributed by atoms with Gasteiger partial charge in [-0.1, -0.05) is 0 Å². The van der Waals surface area contributed by atoms with Crippen molar-refractivity contribution in [2.75, 3.05) is 12.3 Å². The van der Waals surface area contributed by atoms with Gasteiger partial charge in [0.15, 0.2) is 5.40 Å². The van der Waals surface area contributed by atoms with Crippen LogP contribution in [-0.4, -0.2) is 81.5 Å². The van der Waals surface area contributed by atoms with Gasteiger partial charge < -0.3 is 45.5 Å². The van der Waals surface area contributed by atoms with Gasteiger partial charge in [-0.15, -0.1) is 0 Å². The fraction of sp³-hybridized carbons (Fsp3) is 0.727. The molecule has 4 unspecified atom stereocenters. The number of carbonyl (C=O) groups is 3. The average molecular weight is 485 g/mol. The normalized spacial score (nSPS) is 17.9. The van der Waals surface area contributed by atoms with Crippen molar-refractivity contribution >= 4 is 40.5 Å². The molecule has 0 spiro atoms. The molecule has 0 aromatic carbocycles. The van der Waals surface area contributed by atoms with E-state index in [9.17, 15) is 38.1 Å². The first-order valence-corrected chi connectivity index (χ1v) is 13.0. The van der Waals surface area contributed by atoms with E-state index in [0.29, 0.717) is 0 Å². The molecule has 0 aliphatic carbocycles. The topological polar surface area (TPSA) is 290 Å². The number of aliphatic carboxylic acids is 3. The van der Waals surface area contributed by atoms with E-state index in [1.165, 1.54) is 0 Å². The van der Waals surface area contributed by atoms with Crippen LogP contribution >= 0.6 is 22.6 Å². The predicted octanol–water partition coefficient (Wildman–Crippen LogP) is -1.47. The summed E-state index contributed by atoms with van der Waals surface area (Å²) >= 11 is 0. The van der Waals surface area contributed by atoms with Crippen molar-refractivity contribution in [2.24, 2.45) is 17.6 Å². The second-order valence-electron chi connectivity index (χ2n) is 6.36. The molecule has 4 atom stereocenters. The Bertz CT molecular complexity index is 749. The maximum Gasteiger partial charge on any atom is 0.341 e. The third kappa shape index (κ3) is 9.94. The van der Waals surface area contributed by atoms with Crippen LogP contribution in [0.4, 0.5) is 0 Å². The fourth-order valence-electron chi connectivity index (χ4n) is 2.38. The van der Waals surface area contributed by atoms with E-state index in [2.05, 4.69) is 0 Å². The van der Waals surface area contributed by atoms with Gasteiger partial charge >= 0.3 is 33.1 Å². The molecule has 170 valence electrons. The molecule has 0 aromatic rings. The summed E-state index contributed by atoms with van der Waals surface area (Å²) in [4.78, 5) is 79.3. The molecule has 0 rings (SSSR count). The summed E-state index contributed by atoms with van der Waals surface area (Å²) in [5.41, 5.74) is 5.21. The summed E-state index contributed by atoms with van der Waals surface area (Å²) in [6.45, 7) is 0. The van der Waals surface area contributed by atoms with Crippen LogP contribution in [0.3, 0.4) is 0 Å². The Kier molecular flexibility index (Phi) is 9.85. The lowest BCUT2D eigenvalue weighted by Crippen LogP contribution is -2.36. The maximum atomic E-state index is 12.3. The monoisotopic (exact) mass is 485 g/mol. The Morgan fingerprint density at radius 2 is 1.10 bits per heavy atom. The van der Waals surface area contributed by atoms with Crippen molar-refractivity contribution in [1.29, 1.82) is 0 Å². The number of hydrogen-bond acceptors (Lipinski definition) is 7. The molecule has 0 bridgehead atoms. The third-order valence-corrected chi connectivity index (χ3v) is 10.1. The summed E-state index contributed by atoms with van der Waals surface area (Å²) in [7, 11) is -16.0. The molecule has 0 amide bonds. The third-order valence-electron chi connectivity index (χ3n) is 3.85. The zero-order chi connectivity index (χ0) is 23.4. The van der Waals surface area contributed by atoms with Crippen molar-refractivity contribution in [1.82, 2.24) is 0 Å². The molecule has 0 aliphatic rings. The molecular formula is C11H22NO14P3. The second kappa shape index (κ2) is 10.3. The van der Waals surface area contributed by atoms with Crippen molar-refractivity contribution in [2.45, 2.75) is 24.3 Å². The Morgan fingerprint density at radius 1 is 0.690 bits per heavy atom. The minimum atomic E-state index is -5.55. The van der Waals surface area contributed by atoms with Crippen LogP contribution in [0.2, 0.25) is 0 Å². The molecule has 0 saturated carbocycles. The SMILES string of the molecule is NC(CC(CC(CP(=O)(O)CC(P(=O)(O)O)P(=O)(O)O)C(=O)O)C(=O)O)C(=O)O. The molecule has 0 aromatic heterocycles. The van der Waals surface area contributed by atoms with Gasteiger partial charge in [-0.05, 0) is 12.8 Å². The summed E-state index contributed by atoms with van der Waals surface area (Å²) in [6.07, 6.45) is -4.44. The quantitative estimate of drug-likeness (QED) is 0.135. The van der Waals surface area contributed by atoms with Gasteiger partial charge in [0.2, 0.25) is 7.37 Å². The smallest absolute Gasteiger partial charge is 0.341 e. The Balaban J connectivity index is 5.59. The van der Waals surface area contributed by atoms with Crippen molar-refractivity contribution in [3.05, 3.63) is 0 Å². The van der Waals surface area contributed by atoms with Gasteiger partial charge in [0.1, 0.15) is 6.04 Å². The molecule has 0 radical (unpaired) electrons. The number of hydrogen-bond donors (Lipinski definition) is 9. The largest absolute Gasteiger partial charge is 0.481 e. The molecule has 10 N–H and O–H groups in total. The first kappa shape index (κ1) is 27.9. The van der Waals surface area contributed by atoms with Crippen molar-refractivity contribution in [3.63, 3.8) is 0 Å². The molecule has 29 heavy (non-hydrogen) atoms. The molecule has 18 heteroatoms. The highest BCUT2D eigenvalue weighted by atomic mass is 31.2. The van der Waals surface area contributed by atoms with Gasteiger partial charge in [0.25, 0.3) is 0 Å². The highest BCUT2D eigenvalue weighted by molar-refractivity contribution is 7.72. The summed E-state index contributed by atoms with van der Waals surface area (Å²) in [5.74, 6) is -8.53. The van der Waals surface area contributed by atoms with E-state index < -0.39 is 88.9 Å². The molecule has 0 fully saturated rings. The van der Waals surface area contributed by atoms with E-state index in [4.69, 9.17) is 35.5 Å². The lowest BCUT2D eigenvalue weighted by molar-refractivity contribution is -0.146. The van der Waals surface area contributed by atoms with E-state index >= 15 is 0 Å². The molecular weight excluding hydrogens is 463 g/mol. The number of rotatable bonds is 13. The predicted molar refractivity (Wildman–Crippen MR) is 94.5 cm³/mol. The Morgan fingerprint density at radius 3 is 1.41 bits per heavy atom. The molecule has 0 aliphatic heterocycles. The average Bonchev–Trinajstić information content (AvgIpc) is 2.48. The van der Waals surface area contributed by atoms with Crippen molar-refractivity contribution in [3.8, 4) is 0 Å². The zero-order valence-electron chi connectivity index (χ0n) is 14.6. The Hall–Kier alpha value is -1.14. The number of carboxylic acid groups (broad SMARTS) is 3. The second-order valence-corrected chi connectivity index (χ2v) is 12.8. The molecule has 0 saturated heterocycles. The molecule has 15 nitrogen and oxygen atoms in total. The fourth-order valence-corrected chi connectivity index (χ4v) is 8.84. The van der Waals surface area contributed by atoms with Gasteiger partial charge in [0.05, 0.1) is 18.0 Å². The van der Waals surface area contributed by atoms with Crippen LogP contribution in [0.25, 0.3) is 0 Å². The first-order valence-electron chi connectivity index (χ1n) is 7.63. The number of nitrogens with two attached hydrogens (primary N) is 1.